The number of rotatable bonds is 5. The van der Waals surface area contributed by atoms with Crippen molar-refractivity contribution in [2.24, 2.45) is 0 Å². The molecule has 3 aromatic heterocycles. The maximum atomic E-state index is 12.3. The minimum Gasteiger partial charge on any atom is -0.467 e. The molecule has 0 spiro atoms. The molecule has 0 fully saturated rings. The number of ether oxygens (including phenoxy) is 1. The molecule has 26 heavy (non-hydrogen) atoms. The van der Waals surface area contributed by atoms with E-state index in [1.54, 1.807) is 19.2 Å². The molecule has 0 aliphatic carbocycles. The summed E-state index contributed by atoms with van der Waals surface area (Å²) in [7, 11) is 0. The maximum Gasteiger partial charge on any atom is 0.422 e. The van der Waals surface area contributed by atoms with Crippen molar-refractivity contribution in [1.82, 2.24) is 30.1 Å². The monoisotopic (exact) mass is 366 g/mol. The van der Waals surface area contributed by atoms with Crippen LogP contribution in [-0.2, 0) is 6.54 Å². The summed E-state index contributed by atoms with van der Waals surface area (Å²) in [4.78, 5) is 16.5. The van der Waals surface area contributed by atoms with Crippen LogP contribution in [-0.4, -0.2) is 43.5 Å². The number of fused-ring (bicyclic) bond motifs is 1. The lowest BCUT2D eigenvalue weighted by Gasteiger charge is -2.08. The van der Waals surface area contributed by atoms with Crippen LogP contribution in [0.3, 0.4) is 0 Å². The van der Waals surface area contributed by atoms with Crippen LogP contribution in [0.25, 0.3) is 5.65 Å². The Labute approximate surface area is 145 Å². The van der Waals surface area contributed by atoms with Gasteiger partial charge in [-0.1, -0.05) is 0 Å². The molecule has 0 radical (unpaired) electrons. The highest BCUT2D eigenvalue weighted by molar-refractivity contribution is 5.99. The molecule has 1 N–H and O–H groups in total. The van der Waals surface area contributed by atoms with Gasteiger partial charge in [0.15, 0.2) is 12.3 Å². The van der Waals surface area contributed by atoms with Gasteiger partial charge in [-0.15, -0.1) is 5.10 Å². The highest BCUT2D eigenvalue weighted by Crippen LogP contribution is 2.16. The molecule has 11 heteroatoms. The largest absolute Gasteiger partial charge is 0.467 e. The normalized spacial score (nSPS) is 11.5. The van der Waals surface area contributed by atoms with Crippen LogP contribution in [0.5, 0.6) is 5.88 Å². The van der Waals surface area contributed by atoms with Crippen molar-refractivity contribution < 1.29 is 22.7 Å². The first kappa shape index (κ1) is 17.6. The van der Waals surface area contributed by atoms with Crippen LogP contribution in [0.1, 0.15) is 21.7 Å². The average Bonchev–Trinajstić information content (AvgIpc) is 3.01. The fraction of sp³-hybridized carbons (Fsp3) is 0.267. The molecule has 0 unspecified atom stereocenters. The Morgan fingerprint density at radius 3 is 2.77 bits per heavy atom. The number of hydrogen-bond donors (Lipinski definition) is 1. The van der Waals surface area contributed by atoms with Gasteiger partial charge < -0.3 is 10.1 Å². The summed E-state index contributed by atoms with van der Waals surface area (Å²) in [5, 5.41) is 13.9. The fourth-order valence-corrected chi connectivity index (χ4v) is 2.06. The lowest BCUT2D eigenvalue weighted by molar-refractivity contribution is -0.154. The zero-order valence-electron chi connectivity index (χ0n) is 13.5. The molecule has 0 aliphatic rings. The highest BCUT2D eigenvalue weighted by atomic mass is 19.4. The molecule has 0 saturated carbocycles. The van der Waals surface area contributed by atoms with E-state index < -0.39 is 18.7 Å². The smallest absolute Gasteiger partial charge is 0.422 e. The number of nitrogens with one attached hydrogen (secondary N) is 1. The summed E-state index contributed by atoms with van der Waals surface area (Å²) in [6.07, 6.45) is -1.36. The number of aromatic nitrogens is 5. The second-order valence-electron chi connectivity index (χ2n) is 5.34. The van der Waals surface area contributed by atoms with Gasteiger partial charge in [-0.2, -0.15) is 23.4 Å². The van der Waals surface area contributed by atoms with Gasteiger partial charge in [0.1, 0.15) is 5.56 Å². The van der Waals surface area contributed by atoms with Gasteiger partial charge in [-0.05, 0) is 19.1 Å². The van der Waals surface area contributed by atoms with Crippen molar-refractivity contribution in [2.75, 3.05) is 6.61 Å². The Bertz CT molecular complexity index is 923. The second kappa shape index (κ2) is 6.94. The molecule has 0 aliphatic heterocycles. The standard InChI is InChI=1S/C15H13F3N6O2/c1-9-4-5-24-13(21-9)11(7-20-24)14(25)19-6-10-2-3-12(23-22-10)26-8-15(16,17)18/h2-5,7H,6,8H2,1H3,(H,19,25). The topological polar surface area (TPSA) is 94.3 Å². The van der Waals surface area contributed by atoms with Crippen LogP contribution in [0.15, 0.2) is 30.6 Å². The number of amides is 1. The van der Waals surface area contributed by atoms with Gasteiger partial charge in [-0.25, -0.2) is 9.50 Å². The number of aryl methyl sites for hydroxylation is 1. The number of alkyl halides is 3. The van der Waals surface area contributed by atoms with E-state index in [1.165, 1.54) is 22.8 Å². The van der Waals surface area contributed by atoms with E-state index in [0.717, 1.165) is 5.69 Å². The van der Waals surface area contributed by atoms with E-state index in [-0.39, 0.29) is 12.4 Å². The molecular formula is C15H13F3N6O2. The van der Waals surface area contributed by atoms with E-state index in [0.29, 0.717) is 16.9 Å². The third-order valence-electron chi connectivity index (χ3n) is 3.26. The van der Waals surface area contributed by atoms with Crippen LogP contribution < -0.4 is 10.1 Å². The number of halogens is 3. The average molecular weight is 366 g/mol. The van der Waals surface area contributed by atoms with E-state index in [4.69, 9.17) is 0 Å². The summed E-state index contributed by atoms with van der Waals surface area (Å²) in [5.74, 6) is -0.656. The minimum absolute atomic E-state index is 0.0362. The van der Waals surface area contributed by atoms with Crippen molar-refractivity contribution in [3.63, 3.8) is 0 Å². The van der Waals surface area contributed by atoms with Crippen molar-refractivity contribution in [2.45, 2.75) is 19.6 Å². The van der Waals surface area contributed by atoms with Crippen molar-refractivity contribution in [3.05, 3.63) is 47.5 Å². The van der Waals surface area contributed by atoms with Gasteiger partial charge in [0.2, 0.25) is 5.88 Å². The van der Waals surface area contributed by atoms with E-state index in [2.05, 4.69) is 30.3 Å². The van der Waals surface area contributed by atoms with Crippen LogP contribution in [0.2, 0.25) is 0 Å². The molecule has 1 amide bonds. The Morgan fingerprint density at radius 1 is 1.27 bits per heavy atom. The first-order valence-electron chi connectivity index (χ1n) is 7.43. The molecule has 3 rings (SSSR count). The Kier molecular flexibility index (Phi) is 4.69. The van der Waals surface area contributed by atoms with Crippen LogP contribution in [0.4, 0.5) is 13.2 Å². The quantitative estimate of drug-likeness (QED) is 0.739. The Hall–Kier alpha value is -3.24. The molecular weight excluding hydrogens is 353 g/mol. The predicted molar refractivity (Wildman–Crippen MR) is 82.5 cm³/mol. The van der Waals surface area contributed by atoms with Gasteiger partial charge in [0.05, 0.1) is 18.4 Å². The summed E-state index contributed by atoms with van der Waals surface area (Å²) >= 11 is 0. The fourth-order valence-electron chi connectivity index (χ4n) is 2.06. The molecule has 3 aromatic rings. The number of carbonyl (C=O) groups excluding carboxylic acids is 1. The molecule has 0 atom stereocenters. The van der Waals surface area contributed by atoms with Gasteiger partial charge in [0.25, 0.3) is 5.91 Å². The van der Waals surface area contributed by atoms with E-state index in [9.17, 15) is 18.0 Å². The summed E-state index contributed by atoms with van der Waals surface area (Å²) in [6, 6.07) is 4.43. The number of nitrogens with zero attached hydrogens (tertiary/aromatic N) is 5. The van der Waals surface area contributed by atoms with Crippen molar-refractivity contribution in [1.29, 1.82) is 0 Å². The first-order chi connectivity index (χ1) is 12.3. The van der Waals surface area contributed by atoms with E-state index >= 15 is 0 Å². The van der Waals surface area contributed by atoms with Crippen LogP contribution >= 0.6 is 0 Å². The van der Waals surface area contributed by atoms with Gasteiger partial charge in [-0.3, -0.25) is 4.79 Å². The minimum atomic E-state index is -4.45. The lowest BCUT2D eigenvalue weighted by Crippen LogP contribution is -2.24. The SMILES string of the molecule is Cc1ccn2ncc(C(=O)NCc3ccc(OCC(F)(F)F)nn3)c2n1. The zero-order valence-corrected chi connectivity index (χ0v) is 13.5. The number of carbonyl (C=O) groups is 1. The molecule has 0 aromatic carbocycles. The first-order valence-corrected chi connectivity index (χ1v) is 7.43. The summed E-state index contributed by atoms with van der Waals surface area (Å²) < 4.78 is 42.1. The molecule has 136 valence electrons. The third kappa shape index (κ3) is 4.23. The van der Waals surface area contributed by atoms with E-state index in [1.807, 2.05) is 0 Å². The lowest BCUT2D eigenvalue weighted by atomic mass is 10.3. The predicted octanol–water partition coefficient (Wildman–Crippen LogP) is 1.70. The third-order valence-corrected chi connectivity index (χ3v) is 3.26. The van der Waals surface area contributed by atoms with Gasteiger partial charge in [0, 0.05) is 18.0 Å². The second-order valence-corrected chi connectivity index (χ2v) is 5.34. The maximum absolute atomic E-state index is 12.3. The summed E-state index contributed by atoms with van der Waals surface area (Å²) in [6.45, 7) is 0.389. The van der Waals surface area contributed by atoms with Crippen molar-refractivity contribution in [3.8, 4) is 5.88 Å². The molecule has 0 saturated heterocycles. The Morgan fingerprint density at radius 2 is 2.08 bits per heavy atom. The van der Waals surface area contributed by atoms with Crippen LogP contribution in [0, 0.1) is 6.92 Å². The number of hydrogen-bond acceptors (Lipinski definition) is 6. The molecule has 8 nitrogen and oxygen atoms in total. The van der Waals surface area contributed by atoms with Gasteiger partial charge >= 0.3 is 6.18 Å². The molecule has 0 bridgehead atoms. The van der Waals surface area contributed by atoms with Crippen molar-refractivity contribution >= 4 is 11.6 Å². The zero-order chi connectivity index (χ0) is 18.7. The summed E-state index contributed by atoms with van der Waals surface area (Å²) in [5.41, 5.74) is 1.82. The highest BCUT2D eigenvalue weighted by Gasteiger charge is 2.28. The Balaban J connectivity index is 1.61. The molecule has 3 heterocycles.